The highest BCUT2D eigenvalue weighted by atomic mass is 28.3. The summed E-state index contributed by atoms with van der Waals surface area (Å²) in [7, 11) is -1.39. The van der Waals surface area contributed by atoms with Crippen LogP contribution in [0.5, 0.6) is 0 Å². The highest BCUT2D eigenvalue weighted by Crippen LogP contribution is 2.53. The molecule has 1 aliphatic rings. The highest BCUT2D eigenvalue weighted by molar-refractivity contribution is 6.88. The van der Waals surface area contributed by atoms with Crippen molar-refractivity contribution < 1.29 is 5.11 Å². The van der Waals surface area contributed by atoms with Gasteiger partial charge >= 0.3 is 0 Å². The molecule has 0 atom stereocenters. The van der Waals surface area contributed by atoms with Crippen LogP contribution in [-0.4, -0.2) is 18.2 Å². The van der Waals surface area contributed by atoms with Crippen molar-refractivity contribution in [3.63, 3.8) is 0 Å². The van der Waals surface area contributed by atoms with Crippen LogP contribution in [0.1, 0.15) is 43.4 Å². The number of nitrogens with zero attached hydrogens (tertiary/aromatic N) is 1. The molecule has 0 aliphatic heterocycles. The molecule has 1 aliphatic carbocycles. The molecule has 0 radical (unpaired) electrons. The van der Waals surface area contributed by atoms with E-state index in [9.17, 15) is 5.11 Å². The predicted molar refractivity (Wildman–Crippen MR) is 125 cm³/mol. The first-order chi connectivity index (χ1) is 13.8. The largest absolute Gasteiger partial charge is 0.392 e. The number of hydrogen-bond donors (Lipinski definition) is 1. The van der Waals surface area contributed by atoms with Crippen LogP contribution in [0, 0.1) is 0 Å². The van der Waals surface area contributed by atoms with Gasteiger partial charge < -0.3 is 5.11 Å². The van der Waals surface area contributed by atoms with Crippen molar-refractivity contribution in [1.82, 2.24) is 4.98 Å². The van der Waals surface area contributed by atoms with E-state index in [2.05, 4.69) is 82.0 Å². The molecule has 3 heteroatoms. The summed E-state index contributed by atoms with van der Waals surface area (Å²) in [4.78, 5) is 4.79. The number of aliphatic hydroxyl groups is 1. The van der Waals surface area contributed by atoms with Crippen molar-refractivity contribution in [1.29, 1.82) is 0 Å². The summed E-state index contributed by atoms with van der Waals surface area (Å²) in [6.45, 7) is 11.7. The Kier molecular flexibility index (Phi) is 5.00. The summed E-state index contributed by atoms with van der Waals surface area (Å²) >= 11 is 0. The second-order valence-corrected chi connectivity index (χ2v) is 14.3. The maximum atomic E-state index is 9.67. The molecule has 4 rings (SSSR count). The minimum absolute atomic E-state index is 0.0115. The summed E-state index contributed by atoms with van der Waals surface area (Å²) in [6.07, 6.45) is 4.14. The monoisotopic (exact) mass is 401 g/mol. The topological polar surface area (TPSA) is 33.1 Å². The van der Waals surface area contributed by atoms with E-state index in [-0.39, 0.29) is 12.0 Å². The van der Waals surface area contributed by atoms with Crippen LogP contribution in [0.2, 0.25) is 19.6 Å². The van der Waals surface area contributed by atoms with Gasteiger partial charge in [0.1, 0.15) is 8.07 Å². The molecule has 2 nitrogen and oxygen atoms in total. The summed E-state index contributed by atoms with van der Waals surface area (Å²) in [5.41, 5.74) is 8.87. The first-order valence-electron chi connectivity index (χ1n) is 10.7. The van der Waals surface area contributed by atoms with Crippen LogP contribution in [0.25, 0.3) is 22.3 Å². The zero-order valence-corrected chi connectivity index (χ0v) is 19.2. The molecule has 1 heterocycles. The number of hydrogen-bond acceptors (Lipinski definition) is 2. The molecule has 0 unspecified atom stereocenters. The van der Waals surface area contributed by atoms with E-state index in [1.165, 1.54) is 38.7 Å². The predicted octanol–water partition coefficient (Wildman–Crippen LogP) is 5.87. The Hall–Kier alpha value is -2.23. The molecule has 3 aromatic rings. The van der Waals surface area contributed by atoms with Gasteiger partial charge in [0.05, 0.1) is 6.61 Å². The van der Waals surface area contributed by atoms with E-state index in [1.807, 2.05) is 6.20 Å². The van der Waals surface area contributed by atoms with Gasteiger partial charge in [-0.3, -0.25) is 4.98 Å². The molecule has 150 valence electrons. The smallest absolute Gasteiger partial charge is 0.101 e. The van der Waals surface area contributed by atoms with Crippen LogP contribution in [0.15, 0.2) is 54.7 Å². The van der Waals surface area contributed by atoms with Crippen molar-refractivity contribution in [2.75, 3.05) is 0 Å². The van der Waals surface area contributed by atoms with Gasteiger partial charge in [-0.2, -0.15) is 0 Å². The third-order valence-corrected chi connectivity index (χ3v) is 8.51. The zero-order valence-electron chi connectivity index (χ0n) is 18.2. The highest BCUT2D eigenvalue weighted by Gasteiger charge is 2.40. The number of aliphatic hydroxyl groups excluding tert-OH is 1. The van der Waals surface area contributed by atoms with Gasteiger partial charge in [-0.05, 0) is 63.9 Å². The Morgan fingerprint density at radius 3 is 2.00 bits per heavy atom. The SMILES string of the molecule is CCC1(CC)c2cc(CO)ccc2-c2ccc(-c3ccc([Si](C)(C)C)nc3)cc21. The van der Waals surface area contributed by atoms with Gasteiger partial charge in [0.2, 0.25) is 0 Å². The Morgan fingerprint density at radius 2 is 1.45 bits per heavy atom. The van der Waals surface area contributed by atoms with E-state index < -0.39 is 8.07 Å². The van der Waals surface area contributed by atoms with Crippen molar-refractivity contribution in [3.05, 3.63) is 71.4 Å². The number of rotatable bonds is 5. The molecule has 0 fully saturated rings. The Bertz CT molecular complexity index is 1040. The minimum Gasteiger partial charge on any atom is -0.392 e. The lowest BCUT2D eigenvalue weighted by atomic mass is 9.73. The molecule has 0 spiro atoms. The summed E-state index contributed by atoms with van der Waals surface area (Å²) < 4.78 is 0. The fraction of sp³-hybridized carbons (Fsp3) is 0.346. The van der Waals surface area contributed by atoms with E-state index in [0.717, 1.165) is 18.4 Å². The number of benzene rings is 2. The molecule has 29 heavy (non-hydrogen) atoms. The average molecular weight is 402 g/mol. The van der Waals surface area contributed by atoms with Gasteiger partial charge in [-0.25, -0.2) is 0 Å². The van der Waals surface area contributed by atoms with Crippen molar-refractivity contribution in [2.45, 2.75) is 58.4 Å². The molecular formula is C26H31NOSi. The summed E-state index contributed by atoms with van der Waals surface area (Å²) in [5.74, 6) is 0. The van der Waals surface area contributed by atoms with Crippen molar-refractivity contribution in [2.24, 2.45) is 0 Å². The average Bonchev–Trinajstić information content (AvgIpc) is 3.01. The van der Waals surface area contributed by atoms with Crippen molar-refractivity contribution in [3.8, 4) is 22.3 Å². The van der Waals surface area contributed by atoms with Crippen molar-refractivity contribution >= 4 is 13.4 Å². The summed E-state index contributed by atoms with van der Waals surface area (Å²) in [6, 6.07) is 17.8. The lowest BCUT2D eigenvalue weighted by Gasteiger charge is -2.30. The van der Waals surface area contributed by atoms with E-state index in [1.54, 1.807) is 0 Å². The fourth-order valence-corrected chi connectivity index (χ4v) is 5.88. The lowest BCUT2D eigenvalue weighted by molar-refractivity contribution is 0.281. The molecule has 2 aromatic carbocycles. The zero-order chi connectivity index (χ0) is 20.8. The quantitative estimate of drug-likeness (QED) is 0.542. The lowest BCUT2D eigenvalue weighted by Crippen LogP contribution is -2.39. The molecule has 0 bridgehead atoms. The van der Waals surface area contributed by atoms with Gasteiger partial charge in [0, 0.05) is 16.9 Å². The van der Waals surface area contributed by atoms with Gasteiger partial charge in [0.25, 0.3) is 0 Å². The minimum atomic E-state index is -1.39. The number of pyridine rings is 1. The van der Waals surface area contributed by atoms with Crippen LogP contribution < -0.4 is 5.32 Å². The standard InChI is InChI=1S/C26H31NOSi/c1-6-26(7-2)23-14-18(17-28)8-11-21(23)22-12-9-19(15-24(22)26)20-10-13-25(27-16-20)29(3,4)5/h8-16,28H,6-7,17H2,1-5H3. The normalized spacial score (nSPS) is 14.6. The van der Waals surface area contributed by atoms with Crippen LogP contribution >= 0.6 is 0 Å². The Morgan fingerprint density at radius 1 is 0.828 bits per heavy atom. The van der Waals surface area contributed by atoms with Gasteiger partial charge in [-0.1, -0.05) is 69.9 Å². The number of fused-ring (bicyclic) bond motifs is 3. The first kappa shape index (κ1) is 20.1. The molecule has 1 aromatic heterocycles. The first-order valence-corrected chi connectivity index (χ1v) is 14.2. The second-order valence-electron chi connectivity index (χ2n) is 9.27. The fourth-order valence-electron chi connectivity index (χ4n) is 4.84. The van der Waals surface area contributed by atoms with E-state index in [0.29, 0.717) is 0 Å². The van der Waals surface area contributed by atoms with Crippen LogP contribution in [0.3, 0.4) is 0 Å². The van der Waals surface area contributed by atoms with Gasteiger partial charge in [0.15, 0.2) is 0 Å². The van der Waals surface area contributed by atoms with Crippen LogP contribution in [-0.2, 0) is 12.0 Å². The van der Waals surface area contributed by atoms with E-state index in [4.69, 9.17) is 4.98 Å². The molecule has 0 saturated heterocycles. The summed E-state index contributed by atoms with van der Waals surface area (Å²) in [5, 5.41) is 10.9. The Labute approximate surface area is 175 Å². The van der Waals surface area contributed by atoms with E-state index >= 15 is 0 Å². The Balaban J connectivity index is 1.84. The maximum absolute atomic E-state index is 9.67. The number of aromatic nitrogens is 1. The molecule has 1 N–H and O–H groups in total. The molecule has 0 amide bonds. The molecule has 0 saturated carbocycles. The second kappa shape index (κ2) is 7.23. The maximum Gasteiger partial charge on any atom is 0.101 e. The molecular weight excluding hydrogens is 370 g/mol. The van der Waals surface area contributed by atoms with Crippen LogP contribution in [0.4, 0.5) is 0 Å². The third-order valence-electron chi connectivity index (χ3n) is 6.68. The third kappa shape index (κ3) is 3.17. The van der Waals surface area contributed by atoms with Gasteiger partial charge in [-0.15, -0.1) is 0 Å².